The Morgan fingerprint density at radius 2 is 1.87 bits per heavy atom. The molecule has 118 valence electrons. The van der Waals surface area contributed by atoms with E-state index in [1.807, 2.05) is 37.3 Å². The monoisotopic (exact) mass is 309 g/mol. The summed E-state index contributed by atoms with van der Waals surface area (Å²) < 4.78 is 5.08. The first-order valence-electron chi connectivity index (χ1n) is 7.50. The number of amides is 1. The van der Waals surface area contributed by atoms with Gasteiger partial charge in [-0.3, -0.25) is 4.79 Å². The van der Waals surface area contributed by atoms with Crippen LogP contribution in [0.15, 0.2) is 60.7 Å². The molecule has 2 aromatic rings. The highest BCUT2D eigenvalue weighted by Crippen LogP contribution is 2.12. The van der Waals surface area contributed by atoms with Crippen LogP contribution in [0.2, 0.25) is 0 Å². The van der Waals surface area contributed by atoms with Crippen molar-refractivity contribution in [2.24, 2.45) is 0 Å². The molecule has 0 saturated carbocycles. The first-order valence-corrected chi connectivity index (χ1v) is 7.50. The Bertz CT molecular complexity index is 693. The molecule has 2 aromatic carbocycles. The maximum Gasteiger partial charge on any atom is 0.338 e. The van der Waals surface area contributed by atoms with E-state index in [0.29, 0.717) is 17.9 Å². The van der Waals surface area contributed by atoms with Gasteiger partial charge < -0.3 is 10.1 Å². The summed E-state index contributed by atoms with van der Waals surface area (Å²) in [7, 11) is 0. The number of nitrogens with one attached hydrogen (secondary N) is 1. The van der Waals surface area contributed by atoms with Gasteiger partial charge in [-0.2, -0.15) is 0 Å². The van der Waals surface area contributed by atoms with Gasteiger partial charge in [0.05, 0.1) is 12.2 Å². The Morgan fingerprint density at radius 3 is 2.61 bits per heavy atom. The normalized spacial score (nSPS) is 10.5. The van der Waals surface area contributed by atoms with E-state index < -0.39 is 0 Å². The number of ether oxygens (including phenoxy) is 1. The lowest BCUT2D eigenvalue weighted by Crippen LogP contribution is -2.10. The molecule has 0 spiro atoms. The van der Waals surface area contributed by atoms with Gasteiger partial charge in [-0.15, -0.1) is 0 Å². The van der Waals surface area contributed by atoms with Crippen LogP contribution in [0.5, 0.6) is 0 Å². The number of benzene rings is 2. The molecule has 0 aliphatic rings. The maximum atomic E-state index is 11.9. The summed E-state index contributed by atoms with van der Waals surface area (Å²) in [6.45, 7) is 2.32. The average Bonchev–Trinajstić information content (AvgIpc) is 2.59. The lowest BCUT2D eigenvalue weighted by atomic mass is 10.2. The third-order valence-corrected chi connectivity index (χ3v) is 3.03. The molecule has 1 N–H and O–H groups in total. The molecule has 4 heteroatoms. The quantitative estimate of drug-likeness (QED) is 0.650. The van der Waals surface area contributed by atoms with Gasteiger partial charge in [-0.05, 0) is 36.3 Å². The molecule has 0 aliphatic carbocycles. The number of hydrogen-bond acceptors (Lipinski definition) is 3. The average molecular weight is 309 g/mol. The summed E-state index contributed by atoms with van der Waals surface area (Å²) in [5.41, 5.74) is 1.92. The van der Waals surface area contributed by atoms with Crippen molar-refractivity contribution in [2.45, 2.75) is 13.3 Å². The largest absolute Gasteiger partial charge is 0.462 e. The highest BCUT2D eigenvalue weighted by Gasteiger charge is 2.07. The van der Waals surface area contributed by atoms with Crippen LogP contribution >= 0.6 is 0 Å². The fourth-order valence-electron chi connectivity index (χ4n) is 1.92. The highest BCUT2D eigenvalue weighted by atomic mass is 16.5. The summed E-state index contributed by atoms with van der Waals surface area (Å²) in [6.07, 6.45) is 3.96. The minimum Gasteiger partial charge on any atom is -0.462 e. The molecule has 0 heterocycles. The van der Waals surface area contributed by atoms with E-state index in [1.54, 1.807) is 30.3 Å². The molecule has 0 bridgehead atoms. The second-order valence-electron chi connectivity index (χ2n) is 4.95. The van der Waals surface area contributed by atoms with Crippen molar-refractivity contribution in [2.75, 3.05) is 11.9 Å². The fourth-order valence-corrected chi connectivity index (χ4v) is 1.92. The second-order valence-corrected chi connectivity index (χ2v) is 4.95. The maximum absolute atomic E-state index is 11.9. The molecule has 0 atom stereocenters. The van der Waals surface area contributed by atoms with Gasteiger partial charge in [0.15, 0.2) is 0 Å². The van der Waals surface area contributed by atoms with Crippen molar-refractivity contribution in [1.29, 1.82) is 0 Å². The predicted molar refractivity (Wildman–Crippen MR) is 91.1 cm³/mol. The van der Waals surface area contributed by atoms with Gasteiger partial charge in [0.25, 0.3) is 0 Å². The third kappa shape index (κ3) is 5.43. The number of carbonyl (C=O) groups excluding carboxylic acids is 2. The molecular weight excluding hydrogens is 290 g/mol. The zero-order chi connectivity index (χ0) is 16.5. The lowest BCUT2D eigenvalue weighted by Gasteiger charge is -2.06. The molecule has 0 aliphatic heterocycles. The van der Waals surface area contributed by atoms with E-state index >= 15 is 0 Å². The van der Waals surface area contributed by atoms with Gasteiger partial charge in [0.2, 0.25) is 5.91 Å². The number of hydrogen-bond donors (Lipinski definition) is 1. The molecule has 1 amide bonds. The smallest absolute Gasteiger partial charge is 0.338 e. The van der Waals surface area contributed by atoms with Crippen LogP contribution in [0, 0.1) is 0 Å². The van der Waals surface area contributed by atoms with Crippen LogP contribution in [0.4, 0.5) is 5.69 Å². The van der Waals surface area contributed by atoms with Crippen LogP contribution in [-0.4, -0.2) is 18.5 Å². The number of rotatable bonds is 6. The zero-order valence-corrected chi connectivity index (χ0v) is 13.0. The van der Waals surface area contributed by atoms with Gasteiger partial charge in [0, 0.05) is 11.8 Å². The topological polar surface area (TPSA) is 55.4 Å². The van der Waals surface area contributed by atoms with Gasteiger partial charge >= 0.3 is 5.97 Å². The molecule has 0 radical (unpaired) electrons. The summed E-state index contributed by atoms with van der Waals surface area (Å²) in [5.74, 6) is -0.643. The lowest BCUT2D eigenvalue weighted by molar-refractivity contribution is -0.111. The van der Waals surface area contributed by atoms with Crippen LogP contribution < -0.4 is 5.32 Å². The van der Waals surface area contributed by atoms with Crippen LogP contribution in [0.1, 0.15) is 29.3 Å². The van der Waals surface area contributed by atoms with E-state index in [-0.39, 0.29) is 11.9 Å². The summed E-state index contributed by atoms with van der Waals surface area (Å²) >= 11 is 0. The Kier molecular flexibility index (Phi) is 6.12. The van der Waals surface area contributed by atoms with Crippen molar-refractivity contribution in [3.05, 3.63) is 71.8 Å². The third-order valence-electron chi connectivity index (χ3n) is 3.03. The Morgan fingerprint density at radius 1 is 1.09 bits per heavy atom. The van der Waals surface area contributed by atoms with Crippen LogP contribution in [-0.2, 0) is 9.53 Å². The summed E-state index contributed by atoms with van der Waals surface area (Å²) in [6, 6.07) is 16.2. The van der Waals surface area contributed by atoms with Crippen molar-refractivity contribution in [1.82, 2.24) is 0 Å². The summed E-state index contributed by atoms with van der Waals surface area (Å²) in [4.78, 5) is 23.7. The molecule has 0 saturated heterocycles. The zero-order valence-electron chi connectivity index (χ0n) is 13.0. The Hall–Kier alpha value is -2.88. The number of esters is 1. The second kappa shape index (κ2) is 8.54. The van der Waals surface area contributed by atoms with Gasteiger partial charge in [-0.1, -0.05) is 43.3 Å². The Balaban J connectivity index is 1.98. The van der Waals surface area contributed by atoms with Crippen LogP contribution in [0.3, 0.4) is 0 Å². The molecule has 0 fully saturated rings. The molecule has 0 aromatic heterocycles. The van der Waals surface area contributed by atoms with E-state index in [2.05, 4.69) is 5.32 Å². The van der Waals surface area contributed by atoms with E-state index in [4.69, 9.17) is 4.74 Å². The molecule has 4 nitrogen and oxygen atoms in total. The van der Waals surface area contributed by atoms with Crippen molar-refractivity contribution in [3.63, 3.8) is 0 Å². The molecule has 2 rings (SSSR count). The fraction of sp³-hybridized carbons (Fsp3) is 0.158. The minimum absolute atomic E-state index is 0.257. The Labute approximate surface area is 135 Å². The number of carbonyl (C=O) groups is 2. The van der Waals surface area contributed by atoms with E-state index in [0.717, 1.165) is 12.0 Å². The van der Waals surface area contributed by atoms with Crippen molar-refractivity contribution in [3.8, 4) is 0 Å². The van der Waals surface area contributed by atoms with Gasteiger partial charge in [-0.25, -0.2) is 4.79 Å². The van der Waals surface area contributed by atoms with E-state index in [1.165, 1.54) is 6.08 Å². The molecule has 0 unspecified atom stereocenters. The minimum atomic E-state index is -0.386. The van der Waals surface area contributed by atoms with Gasteiger partial charge in [0.1, 0.15) is 0 Å². The van der Waals surface area contributed by atoms with Crippen molar-refractivity contribution < 1.29 is 14.3 Å². The molecular formula is C19H19NO3. The SMILES string of the molecule is CCCOC(=O)c1cccc(NC(=O)C=Cc2ccccc2)c1. The molecule has 23 heavy (non-hydrogen) atoms. The summed E-state index contributed by atoms with van der Waals surface area (Å²) in [5, 5.41) is 2.73. The highest BCUT2D eigenvalue weighted by molar-refractivity contribution is 6.02. The first kappa shape index (κ1) is 16.5. The van der Waals surface area contributed by atoms with Crippen LogP contribution in [0.25, 0.3) is 6.08 Å². The standard InChI is InChI=1S/C19H19NO3/c1-2-13-23-19(22)16-9-6-10-17(14-16)20-18(21)12-11-15-7-4-3-5-8-15/h3-12,14H,2,13H2,1H3,(H,20,21). The number of anilines is 1. The predicted octanol–water partition coefficient (Wildman–Crippen LogP) is 3.91. The van der Waals surface area contributed by atoms with E-state index in [9.17, 15) is 9.59 Å². The first-order chi connectivity index (χ1) is 11.2. The van der Waals surface area contributed by atoms with Crippen molar-refractivity contribution >= 4 is 23.6 Å².